The number of urea groups is 1. The number of aromatic nitrogens is 3. The number of amides is 2. The number of fused-ring (bicyclic) bond motifs is 1. The van der Waals surface area contributed by atoms with Crippen LogP contribution in [0.2, 0.25) is 0 Å². The van der Waals surface area contributed by atoms with Crippen molar-refractivity contribution in [1.82, 2.24) is 20.0 Å². The van der Waals surface area contributed by atoms with Crippen molar-refractivity contribution in [3.8, 4) is 0 Å². The maximum absolute atomic E-state index is 12.6. The van der Waals surface area contributed by atoms with Gasteiger partial charge in [-0.05, 0) is 24.6 Å². The Hall–Kier alpha value is -3.61. The normalized spacial score (nSPS) is 12.1. The lowest BCUT2D eigenvalue weighted by Crippen LogP contribution is -2.34. The molecule has 0 aliphatic heterocycles. The van der Waals surface area contributed by atoms with Gasteiger partial charge in [0.1, 0.15) is 17.6 Å². The summed E-state index contributed by atoms with van der Waals surface area (Å²) in [6.07, 6.45) is 0. The third kappa shape index (κ3) is 3.39. The van der Waals surface area contributed by atoms with Crippen LogP contribution in [0.15, 0.2) is 65.2 Å². The van der Waals surface area contributed by atoms with Crippen LogP contribution in [-0.4, -0.2) is 20.7 Å². The third-order valence-corrected chi connectivity index (χ3v) is 4.36. The van der Waals surface area contributed by atoms with Crippen molar-refractivity contribution in [3.05, 3.63) is 77.8 Å². The van der Waals surface area contributed by atoms with E-state index in [4.69, 9.17) is 9.51 Å². The largest absolute Gasteiger partial charge is 0.360 e. The standard InChI is InChI=1S/C20H19N5O2/c1-13-12-17(24-27-13)22-20(26)23-18(14-8-4-3-5-9-14)19-21-15-10-6-7-11-16(15)25(19)2/h3-12,18H,1-2H3,(H2,22,23,24,26)/t18-/m1/s1. The second kappa shape index (κ2) is 6.95. The average Bonchev–Trinajstić information content (AvgIpc) is 3.24. The van der Waals surface area contributed by atoms with Crippen LogP contribution in [0, 0.1) is 6.92 Å². The minimum atomic E-state index is -0.420. The molecule has 2 N–H and O–H groups in total. The first-order valence-corrected chi connectivity index (χ1v) is 8.59. The van der Waals surface area contributed by atoms with Crippen molar-refractivity contribution in [1.29, 1.82) is 0 Å². The molecular weight excluding hydrogens is 342 g/mol. The number of para-hydroxylation sites is 2. The number of rotatable bonds is 4. The number of anilines is 1. The number of imidazole rings is 1. The van der Waals surface area contributed by atoms with Crippen molar-refractivity contribution in [2.24, 2.45) is 7.05 Å². The van der Waals surface area contributed by atoms with Gasteiger partial charge in [-0.2, -0.15) is 0 Å². The van der Waals surface area contributed by atoms with Gasteiger partial charge in [-0.15, -0.1) is 0 Å². The Kier molecular flexibility index (Phi) is 4.33. The molecule has 0 radical (unpaired) electrons. The fraction of sp³-hybridized carbons (Fsp3) is 0.150. The molecule has 7 nitrogen and oxygen atoms in total. The molecule has 2 aromatic carbocycles. The molecule has 0 aliphatic rings. The smallest absolute Gasteiger partial charge is 0.321 e. The molecule has 136 valence electrons. The number of hydrogen-bond donors (Lipinski definition) is 2. The molecule has 2 amide bonds. The van der Waals surface area contributed by atoms with Crippen LogP contribution in [0.4, 0.5) is 10.6 Å². The molecule has 0 spiro atoms. The van der Waals surface area contributed by atoms with E-state index in [0.717, 1.165) is 22.4 Å². The molecule has 27 heavy (non-hydrogen) atoms. The summed E-state index contributed by atoms with van der Waals surface area (Å²) in [5, 5.41) is 9.48. The van der Waals surface area contributed by atoms with E-state index in [1.165, 1.54) is 0 Å². The molecule has 0 bridgehead atoms. The van der Waals surface area contributed by atoms with Gasteiger partial charge in [-0.25, -0.2) is 9.78 Å². The molecule has 0 fully saturated rings. The van der Waals surface area contributed by atoms with E-state index in [-0.39, 0.29) is 6.03 Å². The summed E-state index contributed by atoms with van der Waals surface area (Å²) in [5.41, 5.74) is 2.82. The maximum Gasteiger partial charge on any atom is 0.321 e. The Morgan fingerprint density at radius 1 is 1.11 bits per heavy atom. The van der Waals surface area contributed by atoms with Gasteiger partial charge in [0, 0.05) is 13.1 Å². The molecule has 0 unspecified atom stereocenters. The first-order valence-electron chi connectivity index (χ1n) is 8.59. The Morgan fingerprint density at radius 2 is 1.85 bits per heavy atom. The summed E-state index contributed by atoms with van der Waals surface area (Å²) in [5.74, 6) is 1.73. The van der Waals surface area contributed by atoms with Gasteiger partial charge in [-0.1, -0.05) is 47.6 Å². The summed E-state index contributed by atoms with van der Waals surface area (Å²) >= 11 is 0. The van der Waals surface area contributed by atoms with Crippen LogP contribution < -0.4 is 10.6 Å². The van der Waals surface area contributed by atoms with Crippen LogP contribution >= 0.6 is 0 Å². The van der Waals surface area contributed by atoms with Crippen LogP contribution in [0.1, 0.15) is 23.2 Å². The lowest BCUT2D eigenvalue weighted by molar-refractivity contribution is 0.249. The summed E-state index contributed by atoms with van der Waals surface area (Å²) in [4.78, 5) is 17.3. The Morgan fingerprint density at radius 3 is 2.56 bits per heavy atom. The Labute approximate surface area is 156 Å². The van der Waals surface area contributed by atoms with Gasteiger partial charge in [-0.3, -0.25) is 5.32 Å². The highest BCUT2D eigenvalue weighted by molar-refractivity contribution is 5.88. The van der Waals surface area contributed by atoms with Crippen molar-refractivity contribution in [3.63, 3.8) is 0 Å². The summed E-state index contributed by atoms with van der Waals surface area (Å²) < 4.78 is 6.98. The van der Waals surface area contributed by atoms with Gasteiger partial charge in [0.25, 0.3) is 0 Å². The van der Waals surface area contributed by atoms with E-state index in [2.05, 4.69) is 15.8 Å². The third-order valence-electron chi connectivity index (χ3n) is 4.36. The topological polar surface area (TPSA) is 85.0 Å². The van der Waals surface area contributed by atoms with Gasteiger partial charge >= 0.3 is 6.03 Å². The lowest BCUT2D eigenvalue weighted by Gasteiger charge is -2.19. The number of carbonyl (C=O) groups is 1. The second-order valence-corrected chi connectivity index (χ2v) is 6.28. The van der Waals surface area contributed by atoms with Crippen molar-refractivity contribution < 1.29 is 9.32 Å². The maximum atomic E-state index is 12.6. The van der Waals surface area contributed by atoms with E-state index in [1.54, 1.807) is 13.0 Å². The van der Waals surface area contributed by atoms with Crippen LogP contribution in [0.25, 0.3) is 11.0 Å². The number of benzene rings is 2. The molecule has 0 aliphatic carbocycles. The first-order chi connectivity index (χ1) is 13.1. The number of nitrogens with one attached hydrogen (secondary N) is 2. The van der Waals surface area contributed by atoms with Gasteiger partial charge < -0.3 is 14.4 Å². The first kappa shape index (κ1) is 16.8. The highest BCUT2D eigenvalue weighted by Crippen LogP contribution is 2.25. The fourth-order valence-electron chi connectivity index (χ4n) is 3.07. The van der Waals surface area contributed by atoms with Crippen molar-refractivity contribution in [2.75, 3.05) is 5.32 Å². The molecule has 7 heteroatoms. The lowest BCUT2D eigenvalue weighted by atomic mass is 10.1. The van der Waals surface area contributed by atoms with Gasteiger partial charge in [0.2, 0.25) is 0 Å². The highest BCUT2D eigenvalue weighted by atomic mass is 16.5. The van der Waals surface area contributed by atoms with Crippen LogP contribution in [0.5, 0.6) is 0 Å². The van der Waals surface area contributed by atoms with Crippen molar-refractivity contribution >= 4 is 22.9 Å². The monoisotopic (exact) mass is 361 g/mol. The van der Waals surface area contributed by atoms with E-state index < -0.39 is 6.04 Å². The minimum absolute atomic E-state index is 0.363. The zero-order chi connectivity index (χ0) is 18.8. The SMILES string of the molecule is Cc1cc(NC(=O)N[C@H](c2ccccc2)c2nc3ccccc3n2C)no1. The number of hydrogen-bond acceptors (Lipinski definition) is 4. The van der Waals surface area contributed by atoms with Crippen LogP contribution in [-0.2, 0) is 7.05 Å². The molecule has 0 saturated heterocycles. The number of nitrogens with zero attached hydrogens (tertiary/aromatic N) is 3. The van der Waals surface area contributed by atoms with Crippen molar-refractivity contribution in [2.45, 2.75) is 13.0 Å². The zero-order valence-corrected chi connectivity index (χ0v) is 15.0. The fourth-order valence-corrected chi connectivity index (χ4v) is 3.07. The molecule has 4 aromatic rings. The molecular formula is C20H19N5O2. The Bertz CT molecular complexity index is 1080. The zero-order valence-electron chi connectivity index (χ0n) is 15.0. The highest BCUT2D eigenvalue weighted by Gasteiger charge is 2.23. The summed E-state index contributed by atoms with van der Waals surface area (Å²) in [6.45, 7) is 1.77. The molecule has 2 aromatic heterocycles. The molecule has 4 rings (SSSR count). The van der Waals surface area contributed by atoms with E-state index >= 15 is 0 Å². The minimum Gasteiger partial charge on any atom is -0.360 e. The van der Waals surface area contributed by atoms with Gasteiger partial charge in [0.15, 0.2) is 5.82 Å². The molecule has 1 atom stereocenters. The van der Waals surface area contributed by atoms with E-state index in [0.29, 0.717) is 11.6 Å². The summed E-state index contributed by atoms with van der Waals surface area (Å²) in [6, 6.07) is 18.5. The predicted octanol–water partition coefficient (Wildman–Crippen LogP) is 3.78. The summed E-state index contributed by atoms with van der Waals surface area (Å²) in [7, 11) is 1.95. The molecule has 2 heterocycles. The molecule has 0 saturated carbocycles. The van der Waals surface area contributed by atoms with E-state index in [1.807, 2.05) is 66.2 Å². The van der Waals surface area contributed by atoms with Crippen LogP contribution in [0.3, 0.4) is 0 Å². The number of aryl methyl sites for hydroxylation is 2. The predicted molar refractivity (Wildman–Crippen MR) is 102 cm³/mol. The average molecular weight is 361 g/mol. The quantitative estimate of drug-likeness (QED) is 0.579. The Balaban J connectivity index is 1.69. The van der Waals surface area contributed by atoms with E-state index in [9.17, 15) is 4.79 Å². The van der Waals surface area contributed by atoms with Gasteiger partial charge in [0.05, 0.1) is 11.0 Å². The number of carbonyl (C=O) groups excluding carboxylic acids is 1. The second-order valence-electron chi connectivity index (χ2n) is 6.28.